The summed E-state index contributed by atoms with van der Waals surface area (Å²) < 4.78 is 4.73. The normalized spacial score (nSPS) is 15.3. The van der Waals surface area contributed by atoms with Crippen LogP contribution in [-0.4, -0.2) is 69.6 Å². The summed E-state index contributed by atoms with van der Waals surface area (Å²) in [6.45, 7) is 4.40. The monoisotopic (exact) mass is 584 g/mol. The SMILES string of the molecule is CNC(=O)Nc1nc(-c2ccc(-c3ccc(-c4c[nH]c([C@@H]5CCCN5C(=O)[C@@H](NC(=O)OC)C(C)C)n4)cc3)cc2)c[nH]1. The van der Waals surface area contributed by atoms with Gasteiger partial charge in [-0.2, -0.15) is 0 Å². The van der Waals surface area contributed by atoms with Crippen LogP contribution in [0.4, 0.5) is 15.5 Å². The van der Waals surface area contributed by atoms with Crippen LogP contribution < -0.4 is 16.0 Å². The summed E-state index contributed by atoms with van der Waals surface area (Å²) >= 11 is 0. The molecule has 0 spiro atoms. The number of H-pyrrole nitrogens is 2. The molecule has 0 bridgehead atoms. The fraction of sp³-hybridized carbons (Fsp3) is 0.323. The standard InChI is InChI=1S/C31H36N8O4/c1-18(2)26(37-31(42)43-4)28(40)39-15-5-6-25(39)27-33-16-23(35-27)21-11-7-19(8-12-21)20-9-13-22(14-10-20)24-17-34-29(36-24)38-30(41)32-3/h7-14,16-18,25-26H,5-6,15H2,1-4H3,(H,33,35)(H,37,42)(H3,32,34,36,38,41)/t25-,26-/m0/s1. The van der Waals surface area contributed by atoms with E-state index in [1.807, 2.05) is 56.4 Å². The van der Waals surface area contributed by atoms with E-state index in [2.05, 4.69) is 43.0 Å². The molecule has 4 amide bonds. The molecule has 224 valence electrons. The summed E-state index contributed by atoms with van der Waals surface area (Å²) in [7, 11) is 2.83. The zero-order valence-corrected chi connectivity index (χ0v) is 24.6. The van der Waals surface area contributed by atoms with Crippen LogP contribution in [0, 0.1) is 5.92 Å². The first kappa shape index (κ1) is 29.4. The first-order valence-electron chi connectivity index (χ1n) is 14.2. The number of likely N-dealkylation sites (tertiary alicyclic amines) is 1. The fourth-order valence-corrected chi connectivity index (χ4v) is 5.22. The van der Waals surface area contributed by atoms with Gasteiger partial charge in [0.05, 0.1) is 24.5 Å². The highest BCUT2D eigenvalue weighted by atomic mass is 16.5. The number of nitrogens with one attached hydrogen (secondary N) is 5. The quantitative estimate of drug-likeness (QED) is 0.198. The Kier molecular flexibility index (Phi) is 8.74. The van der Waals surface area contributed by atoms with Crippen molar-refractivity contribution in [1.82, 2.24) is 35.5 Å². The predicted molar refractivity (Wildman–Crippen MR) is 163 cm³/mol. The summed E-state index contributed by atoms with van der Waals surface area (Å²) in [6, 6.07) is 15.0. The molecule has 2 aromatic heterocycles. The number of aromatic amines is 2. The average molecular weight is 585 g/mol. The second-order valence-electron chi connectivity index (χ2n) is 10.7. The third-order valence-corrected chi connectivity index (χ3v) is 7.57. The minimum Gasteiger partial charge on any atom is -0.453 e. The fourth-order valence-electron chi connectivity index (χ4n) is 5.22. The molecule has 1 saturated heterocycles. The van der Waals surface area contributed by atoms with Crippen molar-refractivity contribution < 1.29 is 19.1 Å². The van der Waals surface area contributed by atoms with Crippen LogP contribution in [-0.2, 0) is 9.53 Å². The van der Waals surface area contributed by atoms with Gasteiger partial charge in [0.2, 0.25) is 11.9 Å². The molecule has 5 rings (SSSR count). The third kappa shape index (κ3) is 6.53. The van der Waals surface area contributed by atoms with E-state index in [1.165, 1.54) is 7.11 Å². The van der Waals surface area contributed by atoms with Crippen LogP contribution in [0.15, 0.2) is 60.9 Å². The van der Waals surface area contributed by atoms with Gasteiger partial charge < -0.3 is 30.2 Å². The minimum atomic E-state index is -0.674. The molecule has 0 saturated carbocycles. The second kappa shape index (κ2) is 12.8. The van der Waals surface area contributed by atoms with E-state index in [0.717, 1.165) is 52.3 Å². The van der Waals surface area contributed by atoms with Crippen LogP contribution in [0.3, 0.4) is 0 Å². The maximum atomic E-state index is 13.4. The Labute approximate surface area is 249 Å². The van der Waals surface area contributed by atoms with E-state index in [9.17, 15) is 14.4 Å². The molecule has 12 nitrogen and oxygen atoms in total. The lowest BCUT2D eigenvalue weighted by atomic mass is 10.0. The zero-order chi connectivity index (χ0) is 30.5. The van der Waals surface area contributed by atoms with Crippen LogP contribution in [0.2, 0.25) is 0 Å². The van der Waals surface area contributed by atoms with Gasteiger partial charge in [-0.05, 0) is 29.9 Å². The number of anilines is 1. The van der Waals surface area contributed by atoms with Crippen molar-refractivity contribution in [2.24, 2.45) is 5.92 Å². The van der Waals surface area contributed by atoms with Crippen LogP contribution in [0.25, 0.3) is 33.6 Å². The summed E-state index contributed by atoms with van der Waals surface area (Å²) in [5.74, 6) is 0.876. The average Bonchev–Trinajstić information content (AvgIpc) is 3.80. The molecule has 1 fully saturated rings. The molecule has 1 aliphatic rings. The van der Waals surface area contributed by atoms with Crippen molar-refractivity contribution >= 4 is 24.0 Å². The van der Waals surface area contributed by atoms with E-state index >= 15 is 0 Å². The first-order chi connectivity index (χ1) is 20.8. The van der Waals surface area contributed by atoms with Gasteiger partial charge in [-0.15, -0.1) is 0 Å². The lowest BCUT2D eigenvalue weighted by molar-refractivity contribution is -0.135. The van der Waals surface area contributed by atoms with Gasteiger partial charge in [-0.1, -0.05) is 62.4 Å². The smallest absolute Gasteiger partial charge is 0.407 e. The van der Waals surface area contributed by atoms with Gasteiger partial charge in [0.1, 0.15) is 11.9 Å². The van der Waals surface area contributed by atoms with Crippen molar-refractivity contribution in [3.8, 4) is 33.6 Å². The number of urea groups is 1. The lowest BCUT2D eigenvalue weighted by Crippen LogP contribution is -2.51. The molecule has 43 heavy (non-hydrogen) atoms. The molecule has 0 unspecified atom stereocenters. The van der Waals surface area contributed by atoms with Crippen molar-refractivity contribution in [1.29, 1.82) is 0 Å². The van der Waals surface area contributed by atoms with Gasteiger partial charge in [0.15, 0.2) is 0 Å². The number of hydrogen-bond donors (Lipinski definition) is 5. The number of rotatable bonds is 8. The molecule has 1 aliphatic heterocycles. The number of hydrogen-bond acceptors (Lipinski definition) is 6. The summed E-state index contributed by atoms with van der Waals surface area (Å²) in [4.78, 5) is 54.1. The summed E-state index contributed by atoms with van der Waals surface area (Å²) in [5.41, 5.74) is 5.51. The Morgan fingerprint density at radius 2 is 1.49 bits per heavy atom. The molecule has 5 N–H and O–H groups in total. The number of ether oxygens (including phenoxy) is 1. The van der Waals surface area contributed by atoms with Gasteiger partial charge >= 0.3 is 12.1 Å². The highest BCUT2D eigenvalue weighted by Crippen LogP contribution is 2.33. The topological polar surface area (TPSA) is 157 Å². The number of nitrogens with zero attached hydrogens (tertiary/aromatic N) is 3. The van der Waals surface area contributed by atoms with Crippen LogP contribution in [0.5, 0.6) is 0 Å². The Morgan fingerprint density at radius 1 is 0.907 bits per heavy atom. The van der Waals surface area contributed by atoms with Crippen molar-refractivity contribution in [2.45, 2.75) is 38.8 Å². The number of amides is 4. The van der Waals surface area contributed by atoms with Crippen molar-refractivity contribution in [3.63, 3.8) is 0 Å². The molecule has 0 aliphatic carbocycles. The molecule has 2 atom stereocenters. The van der Waals surface area contributed by atoms with E-state index in [-0.39, 0.29) is 23.9 Å². The van der Waals surface area contributed by atoms with E-state index in [1.54, 1.807) is 18.1 Å². The number of alkyl carbamates (subject to hydrolysis) is 1. The summed E-state index contributed by atoms with van der Waals surface area (Å²) in [6.07, 6.45) is 4.64. The number of carbonyl (C=O) groups excluding carboxylic acids is 3. The molecule has 0 radical (unpaired) electrons. The number of aromatic nitrogens is 4. The highest BCUT2D eigenvalue weighted by Gasteiger charge is 2.37. The Balaban J connectivity index is 1.26. The number of methoxy groups -OCH3 is 1. The van der Waals surface area contributed by atoms with Gasteiger partial charge in [-0.3, -0.25) is 10.1 Å². The Hall–Kier alpha value is -5.13. The van der Waals surface area contributed by atoms with Gasteiger partial charge in [0.25, 0.3) is 0 Å². The van der Waals surface area contributed by atoms with Crippen LogP contribution in [0.1, 0.15) is 38.6 Å². The largest absolute Gasteiger partial charge is 0.453 e. The molecule has 12 heteroatoms. The molecule has 2 aromatic carbocycles. The predicted octanol–water partition coefficient (Wildman–Crippen LogP) is 4.93. The number of benzene rings is 2. The second-order valence-corrected chi connectivity index (χ2v) is 10.7. The number of carbonyl (C=O) groups is 3. The van der Waals surface area contributed by atoms with Gasteiger partial charge in [0, 0.05) is 37.1 Å². The summed E-state index contributed by atoms with van der Waals surface area (Å²) in [5, 5.41) is 7.79. The van der Waals surface area contributed by atoms with Crippen molar-refractivity contribution in [2.75, 3.05) is 26.0 Å². The third-order valence-electron chi connectivity index (χ3n) is 7.57. The minimum absolute atomic E-state index is 0.0922. The van der Waals surface area contributed by atoms with E-state index < -0.39 is 12.1 Å². The van der Waals surface area contributed by atoms with Crippen LogP contribution >= 0.6 is 0 Å². The molecular formula is C31H36N8O4. The Bertz CT molecular complexity index is 1580. The highest BCUT2D eigenvalue weighted by molar-refractivity contribution is 5.87. The molecular weight excluding hydrogens is 548 g/mol. The first-order valence-corrected chi connectivity index (χ1v) is 14.2. The lowest BCUT2D eigenvalue weighted by Gasteiger charge is -2.29. The van der Waals surface area contributed by atoms with E-state index in [4.69, 9.17) is 9.72 Å². The van der Waals surface area contributed by atoms with E-state index in [0.29, 0.717) is 12.5 Å². The van der Waals surface area contributed by atoms with Gasteiger partial charge in [-0.25, -0.2) is 19.6 Å². The van der Waals surface area contributed by atoms with Crippen molar-refractivity contribution in [3.05, 3.63) is 66.7 Å². The maximum Gasteiger partial charge on any atom is 0.407 e. The number of imidazole rings is 2. The molecule has 4 aromatic rings. The maximum absolute atomic E-state index is 13.4. The molecule has 3 heterocycles. The zero-order valence-electron chi connectivity index (χ0n) is 24.6. The Morgan fingerprint density at radius 3 is 2.07 bits per heavy atom.